The molecule has 160 valence electrons. The SMILES string of the molecule is Cc1[nH]nc2c1[C@@](c1cc(C(F)(F)F)cc(C(F)(F)F)c1)(C(C)C)C(C#N)=C(N)O2. The van der Waals surface area contributed by atoms with Crippen molar-refractivity contribution < 1.29 is 31.1 Å². The first-order valence-electron chi connectivity index (χ1n) is 8.68. The number of ether oxygens (including phenoxy) is 1. The number of H-pyrrole nitrogens is 1. The molecule has 0 bridgehead atoms. The Bertz CT molecular complexity index is 1040. The van der Waals surface area contributed by atoms with E-state index in [2.05, 4.69) is 10.2 Å². The molecule has 1 aliphatic heterocycles. The summed E-state index contributed by atoms with van der Waals surface area (Å²) in [5.41, 5.74) is 0.942. The van der Waals surface area contributed by atoms with Crippen molar-refractivity contribution >= 4 is 0 Å². The minimum atomic E-state index is -5.05. The Morgan fingerprint density at radius 3 is 2.07 bits per heavy atom. The normalized spacial score (nSPS) is 19.5. The molecule has 0 saturated carbocycles. The van der Waals surface area contributed by atoms with Gasteiger partial charge in [0.15, 0.2) is 0 Å². The van der Waals surface area contributed by atoms with Crippen molar-refractivity contribution in [3.8, 4) is 11.9 Å². The number of nitrogens with two attached hydrogens (primary N) is 1. The van der Waals surface area contributed by atoms with Gasteiger partial charge in [-0.15, -0.1) is 5.10 Å². The lowest BCUT2D eigenvalue weighted by atomic mass is 9.61. The van der Waals surface area contributed by atoms with E-state index in [1.165, 1.54) is 6.92 Å². The Morgan fingerprint density at radius 1 is 1.10 bits per heavy atom. The minimum absolute atomic E-state index is 0.0408. The summed E-state index contributed by atoms with van der Waals surface area (Å²) < 4.78 is 86.3. The van der Waals surface area contributed by atoms with Crippen molar-refractivity contribution in [3.63, 3.8) is 0 Å². The highest BCUT2D eigenvalue weighted by Crippen LogP contribution is 2.53. The molecule has 0 fully saturated rings. The Morgan fingerprint density at radius 2 is 1.63 bits per heavy atom. The van der Waals surface area contributed by atoms with Gasteiger partial charge in [-0.3, -0.25) is 5.10 Å². The van der Waals surface area contributed by atoms with Crippen LogP contribution in [-0.2, 0) is 17.8 Å². The van der Waals surface area contributed by atoms with Gasteiger partial charge < -0.3 is 10.5 Å². The number of aryl methyl sites for hydroxylation is 1. The van der Waals surface area contributed by atoms with Crippen molar-refractivity contribution in [2.75, 3.05) is 0 Å². The number of nitrogens with one attached hydrogen (secondary N) is 1. The highest BCUT2D eigenvalue weighted by Gasteiger charge is 2.52. The average molecular weight is 430 g/mol. The van der Waals surface area contributed by atoms with Gasteiger partial charge in [0.05, 0.1) is 22.1 Å². The predicted octanol–water partition coefficient (Wildman–Crippen LogP) is 4.78. The number of hydrogen-bond donors (Lipinski definition) is 2. The quantitative estimate of drug-likeness (QED) is 0.671. The van der Waals surface area contributed by atoms with E-state index in [9.17, 15) is 31.6 Å². The summed E-state index contributed by atoms with van der Waals surface area (Å²) in [6, 6.07) is 3.09. The number of aromatic nitrogens is 2. The molecule has 0 spiro atoms. The maximum atomic E-state index is 13.5. The summed E-state index contributed by atoms with van der Waals surface area (Å²) in [5.74, 6) is -1.23. The molecule has 1 atom stereocenters. The zero-order chi connectivity index (χ0) is 22.6. The number of allylic oxidation sites excluding steroid dienone is 1. The van der Waals surface area contributed by atoms with Crippen molar-refractivity contribution in [1.29, 1.82) is 5.26 Å². The molecule has 1 aromatic carbocycles. The fourth-order valence-corrected chi connectivity index (χ4v) is 3.94. The zero-order valence-corrected chi connectivity index (χ0v) is 16.0. The van der Waals surface area contributed by atoms with Crippen LogP contribution in [0.25, 0.3) is 0 Å². The molecule has 1 aliphatic rings. The summed E-state index contributed by atoms with van der Waals surface area (Å²) in [6.45, 7) is 4.67. The van der Waals surface area contributed by atoms with Crippen LogP contribution in [-0.4, -0.2) is 10.2 Å². The molecule has 2 aromatic rings. The van der Waals surface area contributed by atoms with Crippen molar-refractivity contribution in [3.05, 3.63) is 57.6 Å². The molecule has 3 rings (SSSR count). The largest absolute Gasteiger partial charge is 0.420 e. The molecule has 3 N–H and O–H groups in total. The first-order valence-corrected chi connectivity index (χ1v) is 8.68. The molecular formula is C19H16F6N4O. The summed E-state index contributed by atoms with van der Waals surface area (Å²) in [6.07, 6.45) is -10.1. The standard InChI is InChI=1S/C19H16F6N4O/c1-8(2)17(13(7-26)15(27)30-16-14(17)9(3)28-29-16)10-4-11(18(20,21)22)6-12(5-10)19(23,24)25/h4-6,8H,27H2,1-3H3,(H,28,29)/t17-/m1/s1. The van der Waals surface area contributed by atoms with Crippen LogP contribution in [0.15, 0.2) is 29.7 Å². The van der Waals surface area contributed by atoms with Crippen LogP contribution < -0.4 is 10.5 Å². The number of alkyl halides is 6. The fraction of sp³-hybridized carbons (Fsp3) is 0.368. The number of aromatic amines is 1. The molecular weight excluding hydrogens is 414 g/mol. The van der Waals surface area contributed by atoms with Gasteiger partial charge in [0.2, 0.25) is 11.8 Å². The van der Waals surface area contributed by atoms with E-state index < -0.39 is 40.7 Å². The Kier molecular flexibility index (Phi) is 4.80. The van der Waals surface area contributed by atoms with Crippen molar-refractivity contribution in [2.24, 2.45) is 11.7 Å². The van der Waals surface area contributed by atoms with Crippen LogP contribution in [0.4, 0.5) is 26.3 Å². The summed E-state index contributed by atoms with van der Waals surface area (Å²) >= 11 is 0. The molecule has 0 aliphatic carbocycles. The smallest absolute Gasteiger partial charge is 0.416 e. The maximum Gasteiger partial charge on any atom is 0.416 e. The predicted molar refractivity (Wildman–Crippen MR) is 92.8 cm³/mol. The van der Waals surface area contributed by atoms with Gasteiger partial charge in [0.25, 0.3) is 0 Å². The highest BCUT2D eigenvalue weighted by molar-refractivity contribution is 5.62. The van der Waals surface area contributed by atoms with Crippen LogP contribution in [0, 0.1) is 24.2 Å². The molecule has 11 heteroatoms. The van der Waals surface area contributed by atoms with Crippen LogP contribution in [0.5, 0.6) is 5.88 Å². The van der Waals surface area contributed by atoms with Gasteiger partial charge in [-0.05, 0) is 36.6 Å². The lowest BCUT2D eigenvalue weighted by Crippen LogP contribution is -2.41. The average Bonchev–Trinajstić information content (AvgIpc) is 2.99. The van der Waals surface area contributed by atoms with E-state index in [4.69, 9.17) is 10.5 Å². The van der Waals surface area contributed by atoms with Crippen LogP contribution >= 0.6 is 0 Å². The number of nitrogens with zero attached hydrogens (tertiary/aromatic N) is 2. The lowest BCUT2D eigenvalue weighted by Gasteiger charge is -2.41. The summed E-state index contributed by atoms with van der Waals surface area (Å²) in [4.78, 5) is 0. The van der Waals surface area contributed by atoms with Crippen LogP contribution in [0.3, 0.4) is 0 Å². The third-order valence-electron chi connectivity index (χ3n) is 5.18. The highest BCUT2D eigenvalue weighted by atomic mass is 19.4. The molecule has 30 heavy (non-hydrogen) atoms. The number of fused-ring (bicyclic) bond motifs is 1. The topological polar surface area (TPSA) is 87.7 Å². The van der Waals surface area contributed by atoms with Crippen molar-refractivity contribution in [1.82, 2.24) is 10.2 Å². The van der Waals surface area contributed by atoms with Gasteiger partial charge >= 0.3 is 12.4 Å². The van der Waals surface area contributed by atoms with E-state index in [-0.39, 0.29) is 28.6 Å². The lowest BCUT2D eigenvalue weighted by molar-refractivity contribution is -0.143. The Labute approximate surface area is 167 Å². The molecule has 0 radical (unpaired) electrons. The van der Waals surface area contributed by atoms with E-state index >= 15 is 0 Å². The van der Waals surface area contributed by atoms with E-state index in [0.717, 1.165) is 0 Å². The summed E-state index contributed by atoms with van der Waals surface area (Å²) in [7, 11) is 0. The number of halogens is 6. The number of benzene rings is 1. The molecule has 2 heterocycles. The van der Waals surface area contributed by atoms with Gasteiger partial charge in [0.1, 0.15) is 11.6 Å². The second-order valence-corrected chi connectivity index (χ2v) is 7.24. The van der Waals surface area contributed by atoms with E-state index in [0.29, 0.717) is 17.8 Å². The van der Waals surface area contributed by atoms with Crippen molar-refractivity contribution in [2.45, 2.75) is 38.5 Å². The van der Waals surface area contributed by atoms with Crippen LogP contribution in [0.1, 0.15) is 41.8 Å². The van der Waals surface area contributed by atoms with E-state index in [1.54, 1.807) is 13.8 Å². The molecule has 1 aromatic heterocycles. The number of rotatable bonds is 2. The first-order chi connectivity index (χ1) is 13.7. The molecule has 0 unspecified atom stereocenters. The second kappa shape index (κ2) is 6.68. The third kappa shape index (κ3) is 3.07. The van der Waals surface area contributed by atoms with Gasteiger partial charge in [0, 0.05) is 5.69 Å². The monoisotopic (exact) mass is 430 g/mol. The minimum Gasteiger partial charge on any atom is -0.420 e. The second-order valence-electron chi connectivity index (χ2n) is 7.24. The van der Waals surface area contributed by atoms with Gasteiger partial charge in [-0.2, -0.15) is 31.6 Å². The molecule has 5 nitrogen and oxygen atoms in total. The number of nitriles is 1. The summed E-state index contributed by atoms with van der Waals surface area (Å²) in [5, 5.41) is 16.3. The Hall–Kier alpha value is -3.16. The van der Waals surface area contributed by atoms with E-state index in [1.807, 2.05) is 6.07 Å². The zero-order valence-electron chi connectivity index (χ0n) is 16.0. The number of hydrogen-bond acceptors (Lipinski definition) is 4. The maximum absolute atomic E-state index is 13.5. The Balaban J connectivity index is 2.52. The van der Waals surface area contributed by atoms with Gasteiger partial charge in [-0.25, -0.2) is 0 Å². The van der Waals surface area contributed by atoms with Crippen LogP contribution in [0.2, 0.25) is 0 Å². The third-order valence-corrected chi connectivity index (χ3v) is 5.18. The first kappa shape index (κ1) is 21.5. The molecule has 0 amide bonds. The fourth-order valence-electron chi connectivity index (χ4n) is 3.94. The van der Waals surface area contributed by atoms with Gasteiger partial charge in [-0.1, -0.05) is 13.8 Å². The molecule has 0 saturated heterocycles.